The summed E-state index contributed by atoms with van der Waals surface area (Å²) >= 11 is 5.12. The molecule has 1 saturated heterocycles. The van der Waals surface area contributed by atoms with Crippen LogP contribution in [0.15, 0.2) is 36.2 Å². The average Bonchev–Trinajstić information content (AvgIpc) is 3.12. The first-order valence-electron chi connectivity index (χ1n) is 8.65. The highest BCUT2D eigenvalue weighted by Gasteiger charge is 2.27. The quantitative estimate of drug-likeness (QED) is 0.428. The van der Waals surface area contributed by atoms with Crippen LogP contribution in [0.5, 0.6) is 0 Å². The van der Waals surface area contributed by atoms with E-state index in [9.17, 15) is 9.59 Å². The van der Waals surface area contributed by atoms with Gasteiger partial charge in [-0.2, -0.15) is 0 Å². The second kappa shape index (κ2) is 8.32. The molecule has 8 heteroatoms. The number of hydrogen-bond acceptors (Lipinski definition) is 4. The Bertz CT molecular complexity index is 919. The standard InChI is InChI=1S/C19H22N4O3S/c1-22-18(25)15(21-19(22)27)10-13-11-23(16-7-4-3-6-14(13)16)12-17(24)20-8-5-9-26-2/h3-4,6-7,10-11H,5,8-9,12H2,1-2H3,(H,20,24)(H,21,27)/b15-10-. The maximum atomic E-state index is 12.2. The van der Waals surface area contributed by atoms with E-state index in [1.54, 1.807) is 20.2 Å². The van der Waals surface area contributed by atoms with Crippen LogP contribution in [0.25, 0.3) is 17.0 Å². The van der Waals surface area contributed by atoms with Crippen molar-refractivity contribution in [2.24, 2.45) is 0 Å². The summed E-state index contributed by atoms with van der Waals surface area (Å²) in [5, 5.41) is 7.16. The molecule has 3 rings (SSSR count). The van der Waals surface area contributed by atoms with Crippen molar-refractivity contribution >= 4 is 46.1 Å². The molecular formula is C19H22N4O3S. The maximum Gasteiger partial charge on any atom is 0.276 e. The summed E-state index contributed by atoms with van der Waals surface area (Å²) in [6, 6.07) is 7.78. The van der Waals surface area contributed by atoms with E-state index in [-0.39, 0.29) is 18.4 Å². The number of rotatable bonds is 7. The average molecular weight is 386 g/mol. The number of fused-ring (bicyclic) bond motifs is 1. The number of carbonyl (C=O) groups excluding carboxylic acids is 2. The molecular weight excluding hydrogens is 364 g/mol. The SMILES string of the molecule is COCCCNC(=O)Cn1cc(/C=C2\NC(=S)N(C)C2=O)c2ccccc21. The zero-order chi connectivity index (χ0) is 19.4. The van der Waals surface area contributed by atoms with Crippen molar-refractivity contribution in [2.75, 3.05) is 27.3 Å². The molecule has 27 heavy (non-hydrogen) atoms. The van der Waals surface area contributed by atoms with Gasteiger partial charge in [0.1, 0.15) is 12.2 Å². The van der Waals surface area contributed by atoms with Gasteiger partial charge in [0, 0.05) is 50.0 Å². The van der Waals surface area contributed by atoms with Gasteiger partial charge in [0.15, 0.2) is 5.11 Å². The molecule has 7 nitrogen and oxygen atoms in total. The van der Waals surface area contributed by atoms with Crippen molar-refractivity contribution in [1.82, 2.24) is 20.1 Å². The summed E-state index contributed by atoms with van der Waals surface area (Å²) in [7, 11) is 3.27. The van der Waals surface area contributed by atoms with E-state index in [1.807, 2.05) is 35.0 Å². The van der Waals surface area contributed by atoms with E-state index < -0.39 is 0 Å². The predicted molar refractivity (Wildman–Crippen MR) is 108 cm³/mol. The number of nitrogens with one attached hydrogen (secondary N) is 2. The van der Waals surface area contributed by atoms with Gasteiger partial charge < -0.3 is 19.9 Å². The van der Waals surface area contributed by atoms with E-state index in [2.05, 4.69) is 10.6 Å². The molecule has 0 saturated carbocycles. The molecule has 2 amide bonds. The minimum absolute atomic E-state index is 0.0676. The number of carbonyl (C=O) groups is 2. The minimum Gasteiger partial charge on any atom is -0.385 e. The smallest absolute Gasteiger partial charge is 0.276 e. The van der Waals surface area contributed by atoms with Crippen LogP contribution in [0, 0.1) is 0 Å². The molecule has 0 unspecified atom stereocenters. The Balaban J connectivity index is 1.83. The van der Waals surface area contributed by atoms with Gasteiger partial charge in [0.2, 0.25) is 5.91 Å². The first-order chi connectivity index (χ1) is 13.0. The number of thiocarbonyl (C=S) groups is 1. The second-order valence-electron chi connectivity index (χ2n) is 6.28. The molecule has 0 radical (unpaired) electrons. The van der Waals surface area contributed by atoms with Crippen molar-refractivity contribution in [2.45, 2.75) is 13.0 Å². The molecule has 0 spiro atoms. The van der Waals surface area contributed by atoms with Crippen molar-refractivity contribution in [3.63, 3.8) is 0 Å². The molecule has 0 atom stereocenters. The fourth-order valence-electron chi connectivity index (χ4n) is 2.95. The highest BCUT2D eigenvalue weighted by Crippen LogP contribution is 2.24. The Labute approximate surface area is 163 Å². The molecule has 1 fully saturated rings. The van der Waals surface area contributed by atoms with Crippen molar-refractivity contribution in [1.29, 1.82) is 0 Å². The van der Waals surface area contributed by atoms with Gasteiger partial charge in [-0.3, -0.25) is 14.5 Å². The summed E-state index contributed by atoms with van der Waals surface area (Å²) in [5.41, 5.74) is 2.21. The van der Waals surface area contributed by atoms with Crippen LogP contribution < -0.4 is 10.6 Å². The monoisotopic (exact) mass is 386 g/mol. The fourth-order valence-corrected chi connectivity index (χ4v) is 3.15. The normalized spacial score (nSPS) is 15.6. The van der Waals surface area contributed by atoms with Gasteiger partial charge in [0.25, 0.3) is 5.91 Å². The Hall–Kier alpha value is -2.71. The number of aromatic nitrogens is 1. The van der Waals surface area contributed by atoms with E-state index in [0.717, 1.165) is 22.9 Å². The first-order valence-corrected chi connectivity index (χ1v) is 9.06. The first kappa shape index (κ1) is 19.1. The lowest BCUT2D eigenvalue weighted by atomic mass is 10.1. The van der Waals surface area contributed by atoms with Gasteiger partial charge in [-0.15, -0.1) is 0 Å². The second-order valence-corrected chi connectivity index (χ2v) is 6.66. The van der Waals surface area contributed by atoms with E-state index >= 15 is 0 Å². The van der Waals surface area contributed by atoms with Crippen molar-refractivity contribution in [3.8, 4) is 0 Å². The Morgan fingerprint density at radius 2 is 2.15 bits per heavy atom. The zero-order valence-electron chi connectivity index (χ0n) is 15.3. The van der Waals surface area contributed by atoms with E-state index in [0.29, 0.717) is 24.0 Å². The van der Waals surface area contributed by atoms with Gasteiger partial charge >= 0.3 is 0 Å². The highest BCUT2D eigenvalue weighted by atomic mass is 32.1. The molecule has 2 aromatic rings. The lowest BCUT2D eigenvalue weighted by Crippen LogP contribution is -2.28. The van der Waals surface area contributed by atoms with Gasteiger partial charge in [0.05, 0.1) is 0 Å². The minimum atomic E-state index is -0.173. The third-order valence-corrected chi connectivity index (χ3v) is 4.74. The highest BCUT2D eigenvalue weighted by molar-refractivity contribution is 7.80. The number of para-hydroxylation sites is 1. The summed E-state index contributed by atoms with van der Waals surface area (Å²) in [6.45, 7) is 1.39. The van der Waals surface area contributed by atoms with Crippen LogP contribution in [-0.4, -0.2) is 53.7 Å². The molecule has 1 aromatic heterocycles. The Morgan fingerprint density at radius 1 is 1.37 bits per heavy atom. The number of nitrogens with zero attached hydrogens (tertiary/aromatic N) is 2. The number of ether oxygens (including phenoxy) is 1. The predicted octanol–water partition coefficient (Wildman–Crippen LogP) is 1.48. The molecule has 0 bridgehead atoms. The molecule has 1 aliphatic rings. The third kappa shape index (κ3) is 4.17. The number of likely N-dealkylation sites (N-methyl/N-ethyl adjacent to an activating group) is 1. The Morgan fingerprint density at radius 3 is 2.85 bits per heavy atom. The lowest BCUT2D eigenvalue weighted by Gasteiger charge is -2.07. The topological polar surface area (TPSA) is 75.6 Å². The number of hydrogen-bond donors (Lipinski definition) is 2. The number of amides is 2. The molecule has 2 N–H and O–H groups in total. The molecule has 0 aliphatic carbocycles. The molecule has 1 aliphatic heterocycles. The van der Waals surface area contributed by atoms with Crippen LogP contribution in [0.2, 0.25) is 0 Å². The molecule has 1 aromatic carbocycles. The van der Waals surface area contributed by atoms with Crippen LogP contribution in [-0.2, 0) is 20.9 Å². The molecule has 142 valence electrons. The Kier molecular flexibility index (Phi) is 5.88. The largest absolute Gasteiger partial charge is 0.385 e. The number of methoxy groups -OCH3 is 1. The van der Waals surface area contributed by atoms with E-state index in [4.69, 9.17) is 17.0 Å². The fraction of sp³-hybridized carbons (Fsp3) is 0.316. The summed E-state index contributed by atoms with van der Waals surface area (Å²) in [6.07, 6.45) is 4.42. The van der Waals surface area contributed by atoms with E-state index in [1.165, 1.54) is 4.90 Å². The van der Waals surface area contributed by atoms with Crippen molar-refractivity contribution in [3.05, 3.63) is 41.7 Å². The third-order valence-electron chi connectivity index (χ3n) is 4.36. The maximum absolute atomic E-state index is 12.2. The van der Waals surface area contributed by atoms with Crippen LogP contribution in [0.3, 0.4) is 0 Å². The summed E-state index contributed by atoms with van der Waals surface area (Å²) in [4.78, 5) is 25.9. The van der Waals surface area contributed by atoms with Gasteiger partial charge in [-0.05, 0) is 30.8 Å². The van der Waals surface area contributed by atoms with Crippen molar-refractivity contribution < 1.29 is 14.3 Å². The van der Waals surface area contributed by atoms with Crippen LogP contribution in [0.1, 0.15) is 12.0 Å². The van der Waals surface area contributed by atoms with Crippen LogP contribution >= 0.6 is 12.2 Å². The van der Waals surface area contributed by atoms with Gasteiger partial charge in [-0.1, -0.05) is 18.2 Å². The molecule has 2 heterocycles. The zero-order valence-corrected chi connectivity index (χ0v) is 16.1. The lowest BCUT2D eigenvalue weighted by molar-refractivity contribution is -0.122. The van der Waals surface area contributed by atoms with Gasteiger partial charge in [-0.25, -0.2) is 0 Å². The summed E-state index contributed by atoms with van der Waals surface area (Å²) in [5.74, 6) is -0.241. The summed E-state index contributed by atoms with van der Waals surface area (Å²) < 4.78 is 6.86. The van der Waals surface area contributed by atoms with Crippen LogP contribution in [0.4, 0.5) is 0 Å². The number of benzene rings is 1.